The highest BCUT2D eigenvalue weighted by Gasteiger charge is 2.19. The van der Waals surface area contributed by atoms with Crippen LogP contribution in [0.25, 0.3) is 0 Å². The Bertz CT molecular complexity index is 758. The number of sulfonamides is 1. The maximum atomic E-state index is 12.3. The molecule has 0 bridgehead atoms. The summed E-state index contributed by atoms with van der Waals surface area (Å²) in [5.74, 6) is 0. The van der Waals surface area contributed by atoms with Crippen LogP contribution in [0.5, 0.6) is 0 Å². The van der Waals surface area contributed by atoms with Crippen molar-refractivity contribution in [1.82, 2.24) is 14.7 Å². The number of nitrogens with zero attached hydrogens (tertiary/aromatic N) is 2. The average Bonchev–Trinajstić information content (AvgIpc) is 2.47. The topological polar surface area (TPSA) is 98.0 Å². The van der Waals surface area contributed by atoms with Gasteiger partial charge in [0, 0.05) is 11.8 Å². The summed E-state index contributed by atoms with van der Waals surface area (Å²) in [5.41, 5.74) is 7.16. The number of hydrogen-bond donors (Lipinski definition) is 2. The maximum absolute atomic E-state index is 12.3. The number of aromatic nitrogens is 2. The molecule has 2 aromatic rings. The Morgan fingerprint density at radius 3 is 2.62 bits per heavy atom. The fourth-order valence-electron chi connectivity index (χ4n) is 1.66. The van der Waals surface area contributed by atoms with Crippen molar-refractivity contribution < 1.29 is 8.42 Å². The largest absolute Gasteiger partial charge is 0.389 e. The summed E-state index contributed by atoms with van der Waals surface area (Å²) >= 11 is 4.87. The quantitative estimate of drug-likeness (QED) is 0.794. The summed E-state index contributed by atoms with van der Waals surface area (Å²) < 4.78 is 27.1. The Hall–Kier alpha value is -1.90. The van der Waals surface area contributed by atoms with Gasteiger partial charge < -0.3 is 5.73 Å². The van der Waals surface area contributed by atoms with E-state index in [2.05, 4.69) is 14.7 Å². The van der Waals surface area contributed by atoms with Gasteiger partial charge in [0.1, 0.15) is 4.99 Å². The van der Waals surface area contributed by atoms with Crippen molar-refractivity contribution in [2.45, 2.75) is 18.4 Å². The molecule has 1 aromatic heterocycles. The Balaban J connectivity index is 2.23. The predicted octanol–water partition coefficient (Wildman–Crippen LogP) is 0.898. The van der Waals surface area contributed by atoms with Crippen LogP contribution in [0, 0.1) is 6.92 Å². The fourth-order valence-corrected chi connectivity index (χ4v) is 3.12. The van der Waals surface area contributed by atoms with Crippen LogP contribution in [0.3, 0.4) is 0 Å². The summed E-state index contributed by atoms with van der Waals surface area (Å²) in [6.07, 6.45) is 3.10. The highest BCUT2D eigenvalue weighted by Crippen LogP contribution is 2.15. The van der Waals surface area contributed by atoms with Gasteiger partial charge in [-0.15, -0.1) is 0 Å². The number of aryl methyl sites for hydroxylation is 1. The van der Waals surface area contributed by atoms with E-state index in [9.17, 15) is 8.42 Å². The molecule has 0 unspecified atom stereocenters. The van der Waals surface area contributed by atoms with Crippen LogP contribution in [0.15, 0.2) is 41.6 Å². The first-order chi connectivity index (χ1) is 9.90. The van der Waals surface area contributed by atoms with Crippen LogP contribution in [0.2, 0.25) is 0 Å². The predicted molar refractivity (Wildman–Crippen MR) is 83.1 cm³/mol. The molecule has 0 amide bonds. The maximum Gasteiger partial charge on any atom is 0.241 e. The first-order valence-corrected chi connectivity index (χ1v) is 7.95. The number of hydrogen-bond acceptors (Lipinski definition) is 5. The van der Waals surface area contributed by atoms with E-state index in [-0.39, 0.29) is 16.4 Å². The summed E-state index contributed by atoms with van der Waals surface area (Å²) in [7, 11) is -3.73. The lowest BCUT2D eigenvalue weighted by Crippen LogP contribution is -2.26. The molecule has 8 heteroatoms. The van der Waals surface area contributed by atoms with Crippen LogP contribution in [-0.2, 0) is 16.6 Å². The third-order valence-electron chi connectivity index (χ3n) is 2.72. The van der Waals surface area contributed by atoms with Gasteiger partial charge in [0.05, 0.1) is 29.0 Å². The van der Waals surface area contributed by atoms with Gasteiger partial charge in [-0.25, -0.2) is 13.1 Å². The number of thiocarbonyl (C=S) groups is 1. The highest BCUT2D eigenvalue weighted by molar-refractivity contribution is 7.89. The Morgan fingerprint density at radius 1 is 1.29 bits per heavy atom. The molecule has 0 saturated heterocycles. The minimum Gasteiger partial charge on any atom is -0.389 e. The zero-order valence-corrected chi connectivity index (χ0v) is 12.9. The molecule has 0 saturated carbocycles. The van der Waals surface area contributed by atoms with E-state index in [1.807, 2.05) is 0 Å². The van der Waals surface area contributed by atoms with Crippen LogP contribution in [0.4, 0.5) is 0 Å². The van der Waals surface area contributed by atoms with Crippen LogP contribution >= 0.6 is 12.2 Å². The first kappa shape index (κ1) is 15.5. The monoisotopic (exact) mass is 322 g/mol. The Kier molecular flexibility index (Phi) is 4.61. The van der Waals surface area contributed by atoms with Gasteiger partial charge in [-0.3, -0.25) is 9.97 Å². The summed E-state index contributed by atoms with van der Waals surface area (Å²) in [5, 5.41) is 0. The van der Waals surface area contributed by atoms with Crippen LogP contribution < -0.4 is 10.5 Å². The van der Waals surface area contributed by atoms with E-state index in [1.165, 1.54) is 12.3 Å². The van der Waals surface area contributed by atoms with Crippen molar-refractivity contribution in [3.05, 3.63) is 53.6 Å². The molecule has 110 valence electrons. The molecule has 0 radical (unpaired) electrons. The molecule has 6 nitrogen and oxygen atoms in total. The molecule has 0 atom stereocenters. The van der Waals surface area contributed by atoms with Gasteiger partial charge in [-0.1, -0.05) is 30.4 Å². The summed E-state index contributed by atoms with van der Waals surface area (Å²) in [6.45, 7) is 1.85. The second-order valence-corrected chi connectivity index (χ2v) is 6.51. The van der Waals surface area contributed by atoms with E-state index in [4.69, 9.17) is 18.0 Å². The van der Waals surface area contributed by atoms with Gasteiger partial charge in [-0.2, -0.15) is 0 Å². The zero-order valence-electron chi connectivity index (χ0n) is 11.3. The van der Waals surface area contributed by atoms with Gasteiger partial charge in [0.25, 0.3) is 0 Å². The molecule has 1 heterocycles. The van der Waals surface area contributed by atoms with E-state index >= 15 is 0 Å². The van der Waals surface area contributed by atoms with Gasteiger partial charge in [0.15, 0.2) is 0 Å². The van der Waals surface area contributed by atoms with Crippen LogP contribution in [-0.4, -0.2) is 23.4 Å². The minimum atomic E-state index is -3.73. The molecule has 0 aliphatic heterocycles. The van der Waals surface area contributed by atoms with Gasteiger partial charge in [0.2, 0.25) is 10.0 Å². The molecular formula is C13H14N4O2S2. The van der Waals surface area contributed by atoms with E-state index in [0.29, 0.717) is 11.3 Å². The summed E-state index contributed by atoms with van der Waals surface area (Å²) in [4.78, 5) is 8.24. The minimum absolute atomic E-state index is 0.0334. The lowest BCUT2D eigenvalue weighted by Gasteiger charge is -2.10. The van der Waals surface area contributed by atoms with Crippen molar-refractivity contribution >= 4 is 27.2 Å². The number of nitrogens with two attached hydrogens (primary N) is 1. The van der Waals surface area contributed by atoms with Crippen molar-refractivity contribution in [2.24, 2.45) is 5.73 Å². The SMILES string of the molecule is Cc1cnc(CNS(=O)(=O)c2ccccc2C(N)=S)cn1. The Labute approximate surface area is 128 Å². The number of nitrogens with one attached hydrogen (secondary N) is 1. The van der Waals surface area contributed by atoms with Crippen molar-refractivity contribution in [3.8, 4) is 0 Å². The standard InChI is InChI=1S/C13H14N4O2S2/c1-9-6-16-10(7-15-9)8-17-21(18,19)12-5-3-2-4-11(12)13(14)20/h2-7,17H,8H2,1H3,(H2,14,20). The van der Waals surface area contributed by atoms with Crippen LogP contribution in [0.1, 0.15) is 17.0 Å². The first-order valence-electron chi connectivity index (χ1n) is 6.06. The second-order valence-electron chi connectivity index (χ2n) is 4.33. The van der Waals surface area contributed by atoms with Crippen molar-refractivity contribution in [3.63, 3.8) is 0 Å². The third-order valence-corrected chi connectivity index (χ3v) is 4.40. The summed E-state index contributed by atoms with van der Waals surface area (Å²) in [6, 6.07) is 6.32. The fraction of sp³-hybridized carbons (Fsp3) is 0.154. The molecule has 3 N–H and O–H groups in total. The molecule has 0 aliphatic carbocycles. The molecular weight excluding hydrogens is 308 g/mol. The molecule has 0 aliphatic rings. The lowest BCUT2D eigenvalue weighted by atomic mass is 10.2. The van der Waals surface area contributed by atoms with E-state index in [1.54, 1.807) is 31.3 Å². The van der Waals surface area contributed by atoms with Crippen molar-refractivity contribution in [1.29, 1.82) is 0 Å². The lowest BCUT2D eigenvalue weighted by molar-refractivity contribution is 0.580. The normalized spacial score (nSPS) is 11.3. The smallest absolute Gasteiger partial charge is 0.241 e. The molecule has 2 rings (SSSR count). The highest BCUT2D eigenvalue weighted by atomic mass is 32.2. The molecule has 0 fully saturated rings. The van der Waals surface area contributed by atoms with E-state index < -0.39 is 10.0 Å². The van der Waals surface area contributed by atoms with Crippen molar-refractivity contribution in [2.75, 3.05) is 0 Å². The zero-order chi connectivity index (χ0) is 15.5. The van der Waals surface area contributed by atoms with E-state index in [0.717, 1.165) is 5.69 Å². The second kappa shape index (κ2) is 6.25. The molecule has 21 heavy (non-hydrogen) atoms. The average molecular weight is 322 g/mol. The number of rotatable bonds is 5. The Morgan fingerprint density at radius 2 is 2.00 bits per heavy atom. The third kappa shape index (κ3) is 3.81. The molecule has 1 aromatic carbocycles. The molecule has 0 spiro atoms. The number of benzene rings is 1. The van der Waals surface area contributed by atoms with Gasteiger partial charge in [-0.05, 0) is 13.0 Å². The van der Waals surface area contributed by atoms with Gasteiger partial charge >= 0.3 is 0 Å².